The predicted octanol–water partition coefficient (Wildman–Crippen LogP) is 2.22. The zero-order valence-electron chi connectivity index (χ0n) is 13.1. The molecule has 1 unspecified atom stereocenters. The summed E-state index contributed by atoms with van der Waals surface area (Å²) in [5.74, 6) is 0.996. The number of hydrogen-bond acceptors (Lipinski definition) is 4. The number of hydrogen-bond donors (Lipinski definition) is 1. The summed E-state index contributed by atoms with van der Waals surface area (Å²) in [6.45, 7) is 8.46. The molecule has 0 spiro atoms. The standard InChI is InChI=1S/C17H27N3O/c1-14-13-20(10-9-19-7-3-2-4-8-19)16-6-5-15(12-18)11-17(16)21-14/h5-6,11,14H,2-4,7-10,12-13,18H2,1H3. The van der Waals surface area contributed by atoms with Gasteiger partial charge in [-0.1, -0.05) is 12.5 Å². The summed E-state index contributed by atoms with van der Waals surface area (Å²) in [7, 11) is 0. The van der Waals surface area contributed by atoms with Crippen LogP contribution in [0.15, 0.2) is 18.2 Å². The van der Waals surface area contributed by atoms with Crippen molar-refractivity contribution in [2.75, 3.05) is 37.6 Å². The highest BCUT2D eigenvalue weighted by molar-refractivity contribution is 5.61. The highest BCUT2D eigenvalue weighted by Crippen LogP contribution is 2.34. The number of ether oxygens (including phenoxy) is 1. The van der Waals surface area contributed by atoms with Crippen molar-refractivity contribution < 1.29 is 4.74 Å². The van der Waals surface area contributed by atoms with Gasteiger partial charge in [-0.3, -0.25) is 0 Å². The number of fused-ring (bicyclic) bond motifs is 1. The molecular weight excluding hydrogens is 262 g/mol. The van der Waals surface area contributed by atoms with Crippen molar-refractivity contribution in [1.82, 2.24) is 4.90 Å². The highest BCUT2D eigenvalue weighted by atomic mass is 16.5. The number of benzene rings is 1. The van der Waals surface area contributed by atoms with Crippen molar-refractivity contribution in [2.24, 2.45) is 5.73 Å². The molecule has 2 aliphatic heterocycles. The Labute approximate surface area is 127 Å². The van der Waals surface area contributed by atoms with Gasteiger partial charge in [0.1, 0.15) is 11.9 Å². The van der Waals surface area contributed by atoms with Crippen molar-refractivity contribution in [3.8, 4) is 5.75 Å². The van der Waals surface area contributed by atoms with Gasteiger partial charge >= 0.3 is 0 Å². The molecule has 21 heavy (non-hydrogen) atoms. The topological polar surface area (TPSA) is 41.7 Å². The van der Waals surface area contributed by atoms with Gasteiger partial charge in [-0.25, -0.2) is 0 Å². The first-order valence-electron chi connectivity index (χ1n) is 8.23. The molecule has 2 N–H and O–H groups in total. The third-order valence-electron chi connectivity index (χ3n) is 4.54. The molecule has 0 amide bonds. The lowest BCUT2D eigenvalue weighted by atomic mass is 10.1. The third kappa shape index (κ3) is 3.50. The summed E-state index contributed by atoms with van der Waals surface area (Å²) in [5.41, 5.74) is 8.09. The fourth-order valence-corrected chi connectivity index (χ4v) is 3.36. The Bertz CT molecular complexity index is 471. The minimum absolute atomic E-state index is 0.242. The van der Waals surface area contributed by atoms with E-state index in [4.69, 9.17) is 10.5 Å². The molecule has 0 aliphatic carbocycles. The summed E-state index contributed by atoms with van der Waals surface area (Å²) >= 11 is 0. The quantitative estimate of drug-likeness (QED) is 0.923. The molecule has 1 fully saturated rings. The number of nitrogens with zero attached hydrogens (tertiary/aromatic N) is 2. The molecular formula is C17H27N3O. The molecule has 0 aromatic heterocycles. The van der Waals surface area contributed by atoms with E-state index in [0.29, 0.717) is 6.54 Å². The molecule has 1 aromatic carbocycles. The normalized spacial score (nSPS) is 22.8. The van der Waals surface area contributed by atoms with Crippen LogP contribution in [0.3, 0.4) is 0 Å². The molecule has 0 bridgehead atoms. The van der Waals surface area contributed by atoms with Crippen LogP contribution in [-0.2, 0) is 6.54 Å². The maximum Gasteiger partial charge on any atom is 0.143 e. The van der Waals surface area contributed by atoms with Crippen molar-refractivity contribution in [1.29, 1.82) is 0 Å². The van der Waals surface area contributed by atoms with Crippen LogP contribution in [-0.4, -0.2) is 43.7 Å². The average molecular weight is 289 g/mol. The number of piperidine rings is 1. The molecule has 2 heterocycles. The molecule has 1 saturated heterocycles. The molecule has 0 saturated carbocycles. The van der Waals surface area contributed by atoms with Gasteiger partial charge < -0.3 is 20.3 Å². The number of likely N-dealkylation sites (tertiary alicyclic amines) is 1. The van der Waals surface area contributed by atoms with Crippen LogP contribution in [0.2, 0.25) is 0 Å². The molecule has 1 aromatic rings. The van der Waals surface area contributed by atoms with Gasteiger partial charge in [-0.2, -0.15) is 0 Å². The monoisotopic (exact) mass is 289 g/mol. The van der Waals surface area contributed by atoms with Gasteiger partial charge in [0.05, 0.1) is 12.2 Å². The predicted molar refractivity (Wildman–Crippen MR) is 86.9 cm³/mol. The van der Waals surface area contributed by atoms with Crippen LogP contribution in [0.5, 0.6) is 5.75 Å². The zero-order chi connectivity index (χ0) is 14.7. The smallest absolute Gasteiger partial charge is 0.143 e. The Morgan fingerprint density at radius 3 is 2.76 bits per heavy atom. The molecule has 3 rings (SSSR count). The van der Waals surface area contributed by atoms with Crippen LogP contribution in [0.1, 0.15) is 31.7 Å². The van der Waals surface area contributed by atoms with Crippen LogP contribution < -0.4 is 15.4 Å². The zero-order valence-corrected chi connectivity index (χ0v) is 13.1. The third-order valence-corrected chi connectivity index (χ3v) is 4.54. The van der Waals surface area contributed by atoms with Gasteiger partial charge in [0, 0.05) is 19.6 Å². The van der Waals surface area contributed by atoms with E-state index in [0.717, 1.165) is 30.9 Å². The number of nitrogens with two attached hydrogens (primary N) is 1. The minimum atomic E-state index is 0.242. The molecule has 1 atom stereocenters. The van der Waals surface area contributed by atoms with Crippen molar-refractivity contribution in [3.05, 3.63) is 23.8 Å². The maximum absolute atomic E-state index is 5.99. The highest BCUT2D eigenvalue weighted by Gasteiger charge is 2.23. The van der Waals surface area contributed by atoms with Crippen LogP contribution in [0.25, 0.3) is 0 Å². The number of anilines is 1. The fourth-order valence-electron chi connectivity index (χ4n) is 3.36. The summed E-state index contributed by atoms with van der Waals surface area (Å²) in [5, 5.41) is 0. The van der Waals surface area contributed by atoms with Crippen LogP contribution in [0, 0.1) is 0 Å². The van der Waals surface area contributed by atoms with E-state index >= 15 is 0 Å². The molecule has 2 aliphatic rings. The van der Waals surface area contributed by atoms with Crippen LogP contribution >= 0.6 is 0 Å². The summed E-state index contributed by atoms with van der Waals surface area (Å²) in [4.78, 5) is 5.07. The molecule has 116 valence electrons. The summed E-state index contributed by atoms with van der Waals surface area (Å²) in [6.07, 6.45) is 4.36. The Hall–Kier alpha value is -1.26. The largest absolute Gasteiger partial charge is 0.487 e. The van der Waals surface area contributed by atoms with E-state index in [2.05, 4.69) is 34.9 Å². The lowest BCUT2D eigenvalue weighted by Crippen LogP contribution is -2.43. The van der Waals surface area contributed by atoms with Gasteiger partial charge in [-0.05, 0) is 50.6 Å². The van der Waals surface area contributed by atoms with Gasteiger partial charge in [0.25, 0.3) is 0 Å². The minimum Gasteiger partial charge on any atom is -0.487 e. The fraction of sp³-hybridized carbons (Fsp3) is 0.647. The van der Waals surface area contributed by atoms with E-state index in [9.17, 15) is 0 Å². The Morgan fingerprint density at radius 1 is 1.19 bits per heavy atom. The van der Waals surface area contributed by atoms with Gasteiger partial charge in [0.2, 0.25) is 0 Å². The van der Waals surface area contributed by atoms with E-state index in [1.54, 1.807) is 0 Å². The van der Waals surface area contributed by atoms with E-state index < -0.39 is 0 Å². The first kappa shape index (κ1) is 14.7. The lowest BCUT2D eigenvalue weighted by Gasteiger charge is -2.37. The first-order valence-corrected chi connectivity index (χ1v) is 8.23. The lowest BCUT2D eigenvalue weighted by molar-refractivity contribution is 0.202. The Balaban J connectivity index is 1.68. The van der Waals surface area contributed by atoms with E-state index in [1.165, 1.54) is 38.0 Å². The molecule has 4 nitrogen and oxygen atoms in total. The second-order valence-corrected chi connectivity index (χ2v) is 6.28. The molecule has 4 heteroatoms. The van der Waals surface area contributed by atoms with Crippen molar-refractivity contribution in [2.45, 2.75) is 38.8 Å². The second-order valence-electron chi connectivity index (χ2n) is 6.28. The van der Waals surface area contributed by atoms with Gasteiger partial charge in [0.15, 0.2) is 0 Å². The average Bonchev–Trinajstić information content (AvgIpc) is 2.52. The van der Waals surface area contributed by atoms with Crippen molar-refractivity contribution in [3.63, 3.8) is 0 Å². The SMILES string of the molecule is CC1CN(CCN2CCCCC2)c2ccc(CN)cc2O1. The van der Waals surface area contributed by atoms with Gasteiger partial charge in [-0.15, -0.1) is 0 Å². The van der Waals surface area contributed by atoms with Crippen molar-refractivity contribution >= 4 is 5.69 Å². The summed E-state index contributed by atoms with van der Waals surface area (Å²) < 4.78 is 5.99. The second kappa shape index (κ2) is 6.67. The summed E-state index contributed by atoms with van der Waals surface area (Å²) in [6, 6.07) is 6.38. The first-order chi connectivity index (χ1) is 10.3. The van der Waals surface area contributed by atoms with E-state index in [-0.39, 0.29) is 6.10 Å². The molecule has 0 radical (unpaired) electrons. The Morgan fingerprint density at radius 2 is 2.00 bits per heavy atom. The van der Waals surface area contributed by atoms with E-state index in [1.807, 2.05) is 0 Å². The Kier molecular flexibility index (Phi) is 4.66. The maximum atomic E-state index is 5.99. The number of rotatable bonds is 4. The van der Waals surface area contributed by atoms with Crippen LogP contribution in [0.4, 0.5) is 5.69 Å².